The van der Waals surface area contributed by atoms with Crippen molar-refractivity contribution in [2.24, 2.45) is 0 Å². The third kappa shape index (κ3) is 2.82. The highest BCUT2D eigenvalue weighted by Gasteiger charge is 2.23. The molecule has 1 unspecified atom stereocenters. The van der Waals surface area contributed by atoms with Crippen LogP contribution in [0.15, 0.2) is 24.4 Å². The molecule has 5 heteroatoms. The van der Waals surface area contributed by atoms with E-state index in [1.807, 2.05) is 10.9 Å². The van der Waals surface area contributed by atoms with Crippen LogP contribution in [-0.2, 0) is 19.5 Å². The van der Waals surface area contributed by atoms with Gasteiger partial charge in [0.1, 0.15) is 11.9 Å². The normalized spacial score (nSPS) is 17.0. The number of nitrogens with zero attached hydrogens (tertiary/aromatic N) is 3. The molecule has 5 nitrogen and oxygen atoms in total. The monoisotopic (exact) mass is 272 g/mol. The van der Waals surface area contributed by atoms with Crippen LogP contribution in [-0.4, -0.2) is 27.6 Å². The van der Waals surface area contributed by atoms with Gasteiger partial charge in [-0.05, 0) is 25.1 Å². The van der Waals surface area contributed by atoms with Gasteiger partial charge in [0.15, 0.2) is 0 Å². The molecule has 0 spiro atoms. The number of fused-ring (bicyclic) bond motifs is 1. The van der Waals surface area contributed by atoms with Gasteiger partial charge in [-0.3, -0.25) is 0 Å². The second-order valence-corrected chi connectivity index (χ2v) is 5.27. The van der Waals surface area contributed by atoms with Gasteiger partial charge in [-0.2, -0.15) is 0 Å². The first-order valence-corrected chi connectivity index (χ1v) is 7.10. The Morgan fingerprint density at radius 2 is 2.35 bits per heavy atom. The van der Waals surface area contributed by atoms with Crippen molar-refractivity contribution in [1.29, 1.82) is 0 Å². The lowest BCUT2D eigenvalue weighted by Gasteiger charge is -2.09. The average Bonchev–Trinajstić information content (AvgIpc) is 3.02. The maximum Gasteiger partial charge on any atom is 0.123 e. The van der Waals surface area contributed by atoms with Crippen molar-refractivity contribution in [1.82, 2.24) is 20.3 Å². The molecule has 0 aliphatic carbocycles. The molecular weight excluding hydrogens is 252 g/mol. The number of ether oxygens (including phenoxy) is 1. The molecule has 106 valence electrons. The molecule has 3 rings (SSSR count). The van der Waals surface area contributed by atoms with E-state index in [1.54, 1.807) is 0 Å². The summed E-state index contributed by atoms with van der Waals surface area (Å²) in [6.07, 6.45) is 3.08. The van der Waals surface area contributed by atoms with E-state index in [4.69, 9.17) is 4.74 Å². The van der Waals surface area contributed by atoms with Crippen LogP contribution in [0.5, 0.6) is 5.75 Å². The largest absolute Gasteiger partial charge is 0.488 e. The first-order chi connectivity index (χ1) is 9.74. The fourth-order valence-corrected chi connectivity index (χ4v) is 2.52. The predicted octanol–water partition coefficient (Wildman–Crippen LogP) is 1.70. The topological polar surface area (TPSA) is 52.0 Å². The van der Waals surface area contributed by atoms with E-state index in [2.05, 4.69) is 47.7 Å². The molecule has 1 aliphatic rings. The first kappa shape index (κ1) is 13.1. The van der Waals surface area contributed by atoms with Crippen LogP contribution in [0.25, 0.3) is 0 Å². The first-order valence-electron chi connectivity index (χ1n) is 7.10. The maximum absolute atomic E-state index is 5.95. The van der Waals surface area contributed by atoms with Crippen molar-refractivity contribution in [3.05, 3.63) is 41.2 Å². The summed E-state index contributed by atoms with van der Waals surface area (Å²) < 4.78 is 7.82. The Kier molecular flexibility index (Phi) is 3.69. The smallest absolute Gasteiger partial charge is 0.123 e. The highest BCUT2D eigenvalue weighted by molar-refractivity contribution is 5.40. The van der Waals surface area contributed by atoms with Crippen molar-refractivity contribution in [3.63, 3.8) is 0 Å². The van der Waals surface area contributed by atoms with Gasteiger partial charge in [-0.15, -0.1) is 5.10 Å². The number of nitrogens with one attached hydrogen (secondary N) is 1. The summed E-state index contributed by atoms with van der Waals surface area (Å²) in [7, 11) is 0. The Morgan fingerprint density at radius 1 is 1.45 bits per heavy atom. The SMILES string of the molecule is CCNCc1cn(CC2Cc3cc(C)ccc3O2)nn1. The molecule has 1 aromatic carbocycles. The predicted molar refractivity (Wildman–Crippen MR) is 76.7 cm³/mol. The molecule has 0 saturated carbocycles. The molecule has 1 aromatic heterocycles. The summed E-state index contributed by atoms with van der Waals surface area (Å²) in [4.78, 5) is 0. The zero-order valence-electron chi connectivity index (χ0n) is 12.0. The summed E-state index contributed by atoms with van der Waals surface area (Å²) in [5, 5.41) is 11.6. The van der Waals surface area contributed by atoms with Crippen molar-refractivity contribution >= 4 is 0 Å². The van der Waals surface area contributed by atoms with Crippen molar-refractivity contribution in [2.75, 3.05) is 6.54 Å². The van der Waals surface area contributed by atoms with E-state index < -0.39 is 0 Å². The van der Waals surface area contributed by atoms with Gasteiger partial charge in [0.2, 0.25) is 0 Å². The number of benzene rings is 1. The number of aromatic nitrogens is 3. The number of rotatable bonds is 5. The van der Waals surface area contributed by atoms with Crippen LogP contribution in [0.1, 0.15) is 23.7 Å². The minimum Gasteiger partial charge on any atom is -0.488 e. The minimum atomic E-state index is 0.153. The van der Waals surface area contributed by atoms with Crippen molar-refractivity contribution in [3.8, 4) is 5.75 Å². The van der Waals surface area contributed by atoms with Gasteiger partial charge >= 0.3 is 0 Å². The lowest BCUT2D eigenvalue weighted by Crippen LogP contribution is -2.21. The Morgan fingerprint density at radius 3 is 3.20 bits per heavy atom. The second-order valence-electron chi connectivity index (χ2n) is 5.27. The molecule has 1 N–H and O–H groups in total. The van der Waals surface area contributed by atoms with Gasteiger partial charge in [0.25, 0.3) is 0 Å². The average molecular weight is 272 g/mol. The molecule has 1 atom stereocenters. The third-order valence-electron chi connectivity index (χ3n) is 3.49. The Labute approximate surface area is 118 Å². The lowest BCUT2D eigenvalue weighted by molar-refractivity contribution is 0.202. The fraction of sp³-hybridized carbons (Fsp3) is 0.467. The van der Waals surface area contributed by atoms with Crippen LogP contribution >= 0.6 is 0 Å². The Bertz CT molecular complexity index is 593. The molecule has 0 bridgehead atoms. The van der Waals surface area contributed by atoms with Crippen LogP contribution in [0.4, 0.5) is 0 Å². The number of hydrogen-bond acceptors (Lipinski definition) is 4. The number of hydrogen-bond donors (Lipinski definition) is 1. The molecule has 0 radical (unpaired) electrons. The summed E-state index contributed by atoms with van der Waals surface area (Å²) in [6.45, 7) is 6.63. The third-order valence-corrected chi connectivity index (χ3v) is 3.49. The lowest BCUT2D eigenvalue weighted by atomic mass is 10.1. The zero-order valence-corrected chi connectivity index (χ0v) is 12.0. The molecule has 20 heavy (non-hydrogen) atoms. The van der Waals surface area contributed by atoms with Crippen molar-refractivity contribution in [2.45, 2.75) is 39.5 Å². The fourth-order valence-electron chi connectivity index (χ4n) is 2.52. The molecule has 0 saturated heterocycles. The van der Waals surface area contributed by atoms with E-state index in [1.165, 1.54) is 11.1 Å². The summed E-state index contributed by atoms with van der Waals surface area (Å²) in [5.74, 6) is 1.01. The van der Waals surface area contributed by atoms with E-state index in [-0.39, 0.29) is 6.10 Å². The Balaban J connectivity index is 1.61. The van der Waals surface area contributed by atoms with E-state index in [0.29, 0.717) is 0 Å². The molecule has 2 aromatic rings. The Hall–Kier alpha value is -1.88. The highest BCUT2D eigenvalue weighted by Crippen LogP contribution is 2.29. The van der Waals surface area contributed by atoms with Gasteiger partial charge in [0.05, 0.1) is 12.2 Å². The second kappa shape index (κ2) is 5.63. The van der Waals surface area contributed by atoms with E-state index >= 15 is 0 Å². The quantitative estimate of drug-likeness (QED) is 0.900. The zero-order chi connectivity index (χ0) is 13.9. The van der Waals surface area contributed by atoms with Gasteiger partial charge in [-0.1, -0.05) is 29.8 Å². The van der Waals surface area contributed by atoms with Gasteiger partial charge in [-0.25, -0.2) is 4.68 Å². The van der Waals surface area contributed by atoms with Crippen LogP contribution in [0, 0.1) is 6.92 Å². The molecule has 2 heterocycles. The highest BCUT2D eigenvalue weighted by atomic mass is 16.5. The number of aryl methyl sites for hydroxylation is 1. The van der Waals surface area contributed by atoms with E-state index in [0.717, 1.165) is 37.5 Å². The van der Waals surface area contributed by atoms with Crippen LogP contribution < -0.4 is 10.1 Å². The van der Waals surface area contributed by atoms with Gasteiger partial charge < -0.3 is 10.1 Å². The summed E-state index contributed by atoms with van der Waals surface area (Å²) in [5.41, 5.74) is 3.54. The molecular formula is C15H20N4O. The summed E-state index contributed by atoms with van der Waals surface area (Å²) >= 11 is 0. The minimum absolute atomic E-state index is 0.153. The molecule has 1 aliphatic heterocycles. The standard InChI is InChI=1S/C15H20N4O/c1-3-16-8-13-9-19(18-17-13)10-14-7-12-6-11(2)4-5-15(12)20-14/h4-6,9,14,16H,3,7-8,10H2,1-2H3. The molecule has 0 fully saturated rings. The van der Waals surface area contributed by atoms with Crippen LogP contribution in [0.2, 0.25) is 0 Å². The van der Waals surface area contributed by atoms with Crippen molar-refractivity contribution < 1.29 is 4.74 Å². The van der Waals surface area contributed by atoms with Crippen LogP contribution in [0.3, 0.4) is 0 Å². The summed E-state index contributed by atoms with van der Waals surface area (Å²) in [6, 6.07) is 6.35. The van der Waals surface area contributed by atoms with Gasteiger partial charge in [0, 0.05) is 19.2 Å². The van der Waals surface area contributed by atoms with E-state index in [9.17, 15) is 0 Å². The maximum atomic E-state index is 5.95. The molecule has 0 amide bonds.